The number of rotatable bonds is 7. The van der Waals surface area contributed by atoms with Crippen molar-refractivity contribution in [2.75, 3.05) is 26.9 Å². The highest BCUT2D eigenvalue weighted by molar-refractivity contribution is 7.80. The zero-order chi connectivity index (χ0) is 21.3. The Labute approximate surface area is 178 Å². The van der Waals surface area contributed by atoms with Crippen LogP contribution in [0.1, 0.15) is 21.7 Å². The summed E-state index contributed by atoms with van der Waals surface area (Å²) in [6, 6.07) is 14.1. The summed E-state index contributed by atoms with van der Waals surface area (Å²) in [5.41, 5.74) is 3.98. The van der Waals surface area contributed by atoms with E-state index in [-0.39, 0.29) is 23.2 Å². The topological polar surface area (TPSA) is 93.0 Å². The zero-order valence-corrected chi connectivity index (χ0v) is 17.0. The zero-order valence-electron chi connectivity index (χ0n) is 16.2. The largest absolute Gasteiger partial charge is 0.491 e. The van der Waals surface area contributed by atoms with E-state index in [9.17, 15) is 4.79 Å². The normalized spacial score (nSPS) is 10.2. The Kier molecular flexibility index (Phi) is 7.40. The van der Waals surface area contributed by atoms with Gasteiger partial charge in [0.1, 0.15) is 22.9 Å². The van der Waals surface area contributed by atoms with Crippen molar-refractivity contribution in [2.24, 2.45) is 0 Å². The summed E-state index contributed by atoms with van der Waals surface area (Å²) in [4.78, 5) is 12.5. The summed E-state index contributed by atoms with van der Waals surface area (Å²) in [7, 11) is 1.61. The van der Waals surface area contributed by atoms with Gasteiger partial charge in [-0.1, -0.05) is 36.2 Å². The van der Waals surface area contributed by atoms with Gasteiger partial charge in [-0.05, 0) is 36.4 Å². The quantitative estimate of drug-likeness (QED) is 0.232. The third kappa shape index (κ3) is 5.58. The van der Waals surface area contributed by atoms with Crippen molar-refractivity contribution in [3.63, 3.8) is 0 Å². The number of thiocarbonyl (C=S) groups is 1. The molecule has 0 spiro atoms. The van der Waals surface area contributed by atoms with Crippen LogP contribution in [0.3, 0.4) is 0 Å². The molecule has 1 amide bonds. The van der Waals surface area contributed by atoms with Crippen molar-refractivity contribution in [1.82, 2.24) is 10.8 Å². The lowest BCUT2D eigenvalue weighted by atomic mass is 10.1. The Morgan fingerprint density at radius 2 is 1.97 bits per heavy atom. The van der Waals surface area contributed by atoms with Gasteiger partial charge in [0.05, 0.1) is 13.2 Å². The molecule has 154 valence electrons. The first-order valence-electron chi connectivity index (χ1n) is 9.07. The Balaban J connectivity index is 1.56. The number of carbonyl (C=O) groups is 1. The number of methoxy groups -OCH3 is 1. The summed E-state index contributed by atoms with van der Waals surface area (Å²) < 4.78 is 16.1. The number of ether oxygens (including phenoxy) is 2. The van der Waals surface area contributed by atoms with Gasteiger partial charge in [-0.25, -0.2) is 0 Å². The summed E-state index contributed by atoms with van der Waals surface area (Å²) in [6.07, 6.45) is 0. The molecule has 1 aromatic heterocycles. The van der Waals surface area contributed by atoms with Crippen molar-refractivity contribution >= 4 is 34.1 Å². The third-order valence-corrected chi connectivity index (χ3v) is 4.41. The van der Waals surface area contributed by atoms with Crippen LogP contribution >= 0.6 is 12.2 Å². The fraction of sp³-hybridized carbons (Fsp3) is 0.182. The number of nitrogens with one attached hydrogen (secondary N) is 2. The van der Waals surface area contributed by atoms with Gasteiger partial charge in [0.25, 0.3) is 5.91 Å². The summed E-state index contributed by atoms with van der Waals surface area (Å²) in [5.74, 6) is 6.36. The maximum atomic E-state index is 12.3. The van der Waals surface area contributed by atoms with E-state index in [1.54, 1.807) is 49.6 Å². The molecule has 3 N–H and O–H groups in total. The molecule has 0 saturated carbocycles. The molecule has 8 heteroatoms. The van der Waals surface area contributed by atoms with E-state index >= 15 is 0 Å². The Hall–Kier alpha value is -3.38. The minimum Gasteiger partial charge on any atom is -0.491 e. The molecule has 0 atom stereocenters. The SMILES string of the molecule is COCCOc1ccc2oc(C(=O)NCC#Cc3ccc(C(=S)NO)cc3)cc2c1. The van der Waals surface area contributed by atoms with Gasteiger partial charge in [-0.2, -0.15) is 0 Å². The Morgan fingerprint density at radius 1 is 1.17 bits per heavy atom. The van der Waals surface area contributed by atoms with Crippen molar-refractivity contribution in [1.29, 1.82) is 0 Å². The molecule has 0 aliphatic heterocycles. The Morgan fingerprint density at radius 3 is 2.70 bits per heavy atom. The third-order valence-electron chi connectivity index (χ3n) is 4.09. The summed E-state index contributed by atoms with van der Waals surface area (Å²) in [5, 5.41) is 12.3. The molecule has 0 fully saturated rings. The number of furan rings is 1. The molecule has 2 aromatic carbocycles. The lowest BCUT2D eigenvalue weighted by Gasteiger charge is -2.04. The number of fused-ring (bicyclic) bond motifs is 1. The van der Waals surface area contributed by atoms with Crippen LogP contribution in [0.2, 0.25) is 0 Å². The van der Waals surface area contributed by atoms with Crippen molar-refractivity contribution in [3.8, 4) is 17.6 Å². The van der Waals surface area contributed by atoms with E-state index in [4.69, 9.17) is 31.3 Å². The molecule has 7 nitrogen and oxygen atoms in total. The van der Waals surface area contributed by atoms with Crippen LogP contribution in [0.5, 0.6) is 5.75 Å². The molecule has 1 heterocycles. The molecule has 0 aliphatic carbocycles. The van der Waals surface area contributed by atoms with E-state index < -0.39 is 0 Å². The van der Waals surface area contributed by atoms with Crippen molar-refractivity contribution in [2.45, 2.75) is 0 Å². The van der Waals surface area contributed by atoms with Gasteiger partial charge < -0.3 is 19.2 Å². The van der Waals surface area contributed by atoms with Crippen LogP contribution in [-0.2, 0) is 4.74 Å². The molecular weight excluding hydrogens is 404 g/mol. The van der Waals surface area contributed by atoms with Gasteiger partial charge in [0.15, 0.2) is 5.76 Å². The first-order valence-corrected chi connectivity index (χ1v) is 9.48. The number of hydrogen-bond acceptors (Lipinski definition) is 6. The molecule has 3 rings (SSSR count). The summed E-state index contributed by atoms with van der Waals surface area (Å²) in [6.45, 7) is 1.11. The lowest BCUT2D eigenvalue weighted by molar-refractivity contribution is 0.0933. The van der Waals surface area contributed by atoms with E-state index in [1.807, 2.05) is 11.5 Å². The van der Waals surface area contributed by atoms with E-state index in [2.05, 4.69) is 17.2 Å². The lowest BCUT2D eigenvalue weighted by Crippen LogP contribution is -2.22. The molecule has 0 radical (unpaired) electrons. The molecule has 0 unspecified atom stereocenters. The van der Waals surface area contributed by atoms with Crippen LogP contribution in [0.4, 0.5) is 0 Å². The summed E-state index contributed by atoms with van der Waals surface area (Å²) >= 11 is 4.94. The number of hydrogen-bond donors (Lipinski definition) is 3. The second-order valence-electron chi connectivity index (χ2n) is 6.15. The number of amides is 1. The maximum Gasteiger partial charge on any atom is 0.287 e. The van der Waals surface area contributed by atoms with Crippen LogP contribution in [0.25, 0.3) is 11.0 Å². The van der Waals surface area contributed by atoms with Crippen LogP contribution in [-0.4, -0.2) is 43.0 Å². The monoisotopic (exact) mass is 424 g/mol. The van der Waals surface area contributed by atoms with Gasteiger partial charge in [0, 0.05) is 23.6 Å². The molecule has 0 aliphatic rings. The highest BCUT2D eigenvalue weighted by Gasteiger charge is 2.12. The molecular formula is C22H20N2O5S. The minimum absolute atomic E-state index is 0.166. The highest BCUT2D eigenvalue weighted by atomic mass is 32.1. The average Bonchev–Trinajstić information content (AvgIpc) is 3.20. The van der Waals surface area contributed by atoms with Crippen LogP contribution < -0.4 is 15.5 Å². The molecule has 0 saturated heterocycles. The fourth-order valence-corrected chi connectivity index (χ4v) is 2.73. The van der Waals surface area contributed by atoms with Gasteiger partial charge in [-0.15, -0.1) is 0 Å². The first kappa shape index (κ1) is 21.3. The molecule has 30 heavy (non-hydrogen) atoms. The van der Waals surface area contributed by atoms with E-state index in [0.717, 1.165) is 10.9 Å². The van der Waals surface area contributed by atoms with Gasteiger partial charge in [-0.3, -0.25) is 15.5 Å². The predicted octanol–water partition coefficient (Wildman–Crippen LogP) is 2.89. The van der Waals surface area contributed by atoms with Crippen LogP contribution in [0.15, 0.2) is 52.9 Å². The number of benzene rings is 2. The maximum absolute atomic E-state index is 12.3. The Bertz CT molecular complexity index is 1100. The standard InChI is InChI=1S/C22H20N2O5S/c1-27-11-12-28-18-8-9-19-17(13-18)14-20(29-19)21(25)23-10-2-3-15-4-6-16(7-5-15)22(30)24-26/h4-9,13-14,26H,10-12H2,1H3,(H,23,25)(H,24,30). The van der Waals surface area contributed by atoms with Gasteiger partial charge in [0.2, 0.25) is 0 Å². The highest BCUT2D eigenvalue weighted by Crippen LogP contribution is 2.24. The second-order valence-corrected chi connectivity index (χ2v) is 6.56. The van der Waals surface area contributed by atoms with Crippen molar-refractivity contribution in [3.05, 3.63) is 65.4 Å². The molecule has 3 aromatic rings. The minimum atomic E-state index is -0.350. The second kappa shape index (κ2) is 10.4. The van der Waals surface area contributed by atoms with Crippen molar-refractivity contribution < 1.29 is 23.9 Å². The fourth-order valence-electron chi connectivity index (χ4n) is 2.59. The average molecular weight is 424 g/mol. The predicted molar refractivity (Wildman–Crippen MR) is 116 cm³/mol. The first-order chi connectivity index (χ1) is 14.6. The van der Waals surface area contributed by atoms with E-state index in [0.29, 0.717) is 30.1 Å². The smallest absolute Gasteiger partial charge is 0.287 e. The van der Waals surface area contributed by atoms with Gasteiger partial charge >= 0.3 is 0 Å². The number of carbonyl (C=O) groups excluding carboxylic acids is 1. The van der Waals surface area contributed by atoms with E-state index in [1.165, 1.54) is 0 Å². The number of hydroxylamine groups is 1. The van der Waals surface area contributed by atoms with Crippen LogP contribution in [0, 0.1) is 11.8 Å². The molecule has 0 bridgehead atoms.